The van der Waals surface area contributed by atoms with E-state index in [0.29, 0.717) is 12.1 Å². The van der Waals surface area contributed by atoms with Crippen molar-refractivity contribution < 1.29 is 18.0 Å². The van der Waals surface area contributed by atoms with Crippen LogP contribution in [0, 0.1) is 13.8 Å². The number of hydrogen-bond donors (Lipinski definition) is 1. The summed E-state index contributed by atoms with van der Waals surface area (Å²) in [5.41, 5.74) is 2.72. The van der Waals surface area contributed by atoms with Crippen LogP contribution in [0.5, 0.6) is 0 Å². The Morgan fingerprint density at radius 2 is 1.73 bits per heavy atom. The number of thioether (sulfide) groups is 1. The summed E-state index contributed by atoms with van der Waals surface area (Å²) in [6, 6.07) is 10.6. The van der Waals surface area contributed by atoms with Crippen LogP contribution in [-0.4, -0.2) is 23.2 Å². The summed E-state index contributed by atoms with van der Waals surface area (Å²) in [6.45, 7) is 4.40. The molecule has 0 bridgehead atoms. The number of para-hydroxylation sites is 1. The van der Waals surface area contributed by atoms with Crippen LogP contribution in [0.15, 0.2) is 42.5 Å². The SMILES string of the molecule is Cc1cccc(C)c1NC(=O)N1CCSC1c1ccc(C(F)(F)F)cc1. The Morgan fingerprint density at radius 1 is 1.12 bits per heavy atom. The van der Waals surface area contributed by atoms with Crippen molar-refractivity contribution in [2.45, 2.75) is 25.4 Å². The third kappa shape index (κ3) is 3.82. The number of alkyl halides is 3. The number of carbonyl (C=O) groups excluding carboxylic acids is 1. The molecular weight excluding hydrogens is 361 g/mol. The second-order valence-corrected chi connectivity index (χ2v) is 7.42. The van der Waals surface area contributed by atoms with E-state index in [1.165, 1.54) is 12.1 Å². The van der Waals surface area contributed by atoms with Gasteiger partial charge in [0.15, 0.2) is 0 Å². The molecule has 138 valence electrons. The van der Waals surface area contributed by atoms with E-state index < -0.39 is 11.7 Å². The highest BCUT2D eigenvalue weighted by Gasteiger charge is 2.33. The third-order valence-corrected chi connectivity index (χ3v) is 5.65. The fraction of sp³-hybridized carbons (Fsp3) is 0.316. The highest BCUT2D eigenvalue weighted by molar-refractivity contribution is 7.99. The van der Waals surface area contributed by atoms with Crippen molar-refractivity contribution in [3.63, 3.8) is 0 Å². The Morgan fingerprint density at radius 3 is 2.31 bits per heavy atom. The van der Waals surface area contributed by atoms with Crippen molar-refractivity contribution in [2.75, 3.05) is 17.6 Å². The van der Waals surface area contributed by atoms with Gasteiger partial charge in [0.05, 0.1) is 5.56 Å². The number of nitrogens with zero attached hydrogens (tertiary/aromatic N) is 1. The predicted octanol–water partition coefficient (Wildman–Crippen LogP) is 5.60. The standard InChI is InChI=1S/C19H19F3N2OS/c1-12-4-3-5-13(2)16(12)23-18(25)24-10-11-26-17(24)14-6-8-15(9-7-14)19(20,21)22/h3-9,17H,10-11H2,1-2H3,(H,23,25). The molecule has 2 aromatic carbocycles. The Hall–Kier alpha value is -2.15. The lowest BCUT2D eigenvalue weighted by molar-refractivity contribution is -0.137. The highest BCUT2D eigenvalue weighted by atomic mass is 32.2. The number of carbonyl (C=O) groups is 1. The fourth-order valence-corrected chi connectivity index (χ4v) is 4.24. The number of aryl methyl sites for hydroxylation is 2. The molecule has 2 amide bonds. The summed E-state index contributed by atoms with van der Waals surface area (Å²) in [4.78, 5) is 14.4. The molecule has 1 saturated heterocycles. The first-order valence-electron chi connectivity index (χ1n) is 8.20. The molecule has 1 heterocycles. The predicted molar refractivity (Wildman–Crippen MR) is 98.3 cm³/mol. The van der Waals surface area contributed by atoms with E-state index in [9.17, 15) is 18.0 Å². The monoisotopic (exact) mass is 380 g/mol. The van der Waals surface area contributed by atoms with E-state index in [1.807, 2.05) is 32.0 Å². The van der Waals surface area contributed by atoms with Gasteiger partial charge in [-0.1, -0.05) is 30.3 Å². The summed E-state index contributed by atoms with van der Waals surface area (Å²) in [5, 5.41) is 2.66. The molecule has 3 rings (SSSR count). The van der Waals surface area contributed by atoms with Gasteiger partial charge in [-0.3, -0.25) is 0 Å². The van der Waals surface area contributed by atoms with E-state index >= 15 is 0 Å². The van der Waals surface area contributed by atoms with Crippen LogP contribution < -0.4 is 5.32 Å². The minimum Gasteiger partial charge on any atom is -0.308 e. The second kappa shape index (κ2) is 7.23. The lowest BCUT2D eigenvalue weighted by atomic mass is 10.1. The number of benzene rings is 2. The maximum atomic E-state index is 12.8. The van der Waals surface area contributed by atoms with Crippen molar-refractivity contribution in [1.29, 1.82) is 0 Å². The van der Waals surface area contributed by atoms with Crippen LogP contribution in [0.1, 0.15) is 27.6 Å². The van der Waals surface area contributed by atoms with Crippen molar-refractivity contribution in [2.24, 2.45) is 0 Å². The zero-order valence-corrected chi connectivity index (χ0v) is 15.2. The summed E-state index contributed by atoms with van der Waals surface area (Å²) in [5.74, 6) is 0.742. The Balaban J connectivity index is 1.78. The van der Waals surface area contributed by atoms with Crippen molar-refractivity contribution in [1.82, 2.24) is 4.90 Å². The van der Waals surface area contributed by atoms with Crippen LogP contribution >= 0.6 is 11.8 Å². The highest BCUT2D eigenvalue weighted by Crippen LogP contribution is 2.39. The molecular formula is C19H19F3N2OS. The molecule has 0 radical (unpaired) electrons. The van der Waals surface area contributed by atoms with Crippen LogP contribution in [0.25, 0.3) is 0 Å². The van der Waals surface area contributed by atoms with Gasteiger partial charge in [-0.15, -0.1) is 11.8 Å². The minimum absolute atomic E-state index is 0.239. The van der Waals surface area contributed by atoms with Crippen molar-refractivity contribution >= 4 is 23.5 Å². The largest absolute Gasteiger partial charge is 0.416 e. The number of nitrogens with one attached hydrogen (secondary N) is 1. The Labute approximate surface area is 154 Å². The van der Waals surface area contributed by atoms with Gasteiger partial charge >= 0.3 is 12.2 Å². The average molecular weight is 380 g/mol. The number of halogens is 3. The van der Waals surface area contributed by atoms with Crippen molar-refractivity contribution in [3.8, 4) is 0 Å². The Bertz CT molecular complexity index is 785. The first kappa shape index (κ1) is 18.6. The molecule has 1 aliphatic heterocycles. The van der Waals surface area contributed by atoms with Gasteiger partial charge in [-0.05, 0) is 42.7 Å². The molecule has 1 aliphatic rings. The minimum atomic E-state index is -4.36. The number of urea groups is 1. The van der Waals surface area contributed by atoms with Crippen LogP contribution in [0.4, 0.5) is 23.7 Å². The lowest BCUT2D eigenvalue weighted by Crippen LogP contribution is -2.34. The van der Waals surface area contributed by atoms with Crippen LogP contribution in [0.3, 0.4) is 0 Å². The zero-order valence-electron chi connectivity index (χ0n) is 14.4. The summed E-state index contributed by atoms with van der Waals surface area (Å²) in [7, 11) is 0. The molecule has 0 spiro atoms. The zero-order chi connectivity index (χ0) is 18.9. The smallest absolute Gasteiger partial charge is 0.308 e. The molecule has 1 atom stereocenters. The first-order chi connectivity index (χ1) is 12.3. The van der Waals surface area contributed by atoms with Gasteiger partial charge in [0, 0.05) is 18.0 Å². The molecule has 3 nitrogen and oxygen atoms in total. The summed E-state index contributed by atoms with van der Waals surface area (Å²) in [6.07, 6.45) is -4.36. The molecule has 1 N–H and O–H groups in total. The topological polar surface area (TPSA) is 32.3 Å². The molecule has 26 heavy (non-hydrogen) atoms. The van der Waals surface area contributed by atoms with E-state index in [1.54, 1.807) is 16.7 Å². The molecule has 0 saturated carbocycles. The van der Waals surface area contributed by atoms with E-state index in [0.717, 1.165) is 34.7 Å². The van der Waals surface area contributed by atoms with Gasteiger partial charge in [-0.2, -0.15) is 13.2 Å². The quantitative estimate of drug-likeness (QED) is 0.735. The first-order valence-corrected chi connectivity index (χ1v) is 9.25. The van der Waals surface area contributed by atoms with Gasteiger partial charge in [-0.25, -0.2) is 4.79 Å². The number of anilines is 1. The van der Waals surface area contributed by atoms with Crippen LogP contribution in [-0.2, 0) is 6.18 Å². The van der Waals surface area contributed by atoms with Gasteiger partial charge in [0.25, 0.3) is 0 Å². The lowest BCUT2D eigenvalue weighted by Gasteiger charge is -2.25. The maximum absolute atomic E-state index is 12.8. The molecule has 1 unspecified atom stereocenters. The molecule has 1 fully saturated rings. The number of hydrogen-bond acceptors (Lipinski definition) is 2. The third-order valence-electron chi connectivity index (χ3n) is 4.39. The fourth-order valence-electron chi connectivity index (χ4n) is 2.98. The normalized spacial score (nSPS) is 17.4. The van der Waals surface area contributed by atoms with Gasteiger partial charge in [0.2, 0.25) is 0 Å². The maximum Gasteiger partial charge on any atom is 0.416 e. The van der Waals surface area contributed by atoms with Crippen LogP contribution in [0.2, 0.25) is 0 Å². The second-order valence-electron chi connectivity index (χ2n) is 6.23. The molecule has 0 aromatic heterocycles. The average Bonchev–Trinajstić information content (AvgIpc) is 3.07. The number of rotatable bonds is 2. The van der Waals surface area contributed by atoms with E-state index in [4.69, 9.17) is 0 Å². The van der Waals surface area contributed by atoms with E-state index in [2.05, 4.69) is 5.32 Å². The molecule has 7 heteroatoms. The molecule has 2 aromatic rings. The van der Waals surface area contributed by atoms with Gasteiger partial charge in [0.1, 0.15) is 5.37 Å². The summed E-state index contributed by atoms with van der Waals surface area (Å²) >= 11 is 1.55. The van der Waals surface area contributed by atoms with Crippen molar-refractivity contribution in [3.05, 3.63) is 64.7 Å². The van der Waals surface area contributed by atoms with E-state index in [-0.39, 0.29) is 11.4 Å². The summed E-state index contributed by atoms with van der Waals surface area (Å²) < 4.78 is 38.2. The van der Waals surface area contributed by atoms with Gasteiger partial charge < -0.3 is 10.2 Å². The number of amides is 2. The Kier molecular flexibility index (Phi) is 5.18. The molecule has 0 aliphatic carbocycles.